The summed E-state index contributed by atoms with van der Waals surface area (Å²) in [6, 6.07) is 3.11. The van der Waals surface area contributed by atoms with Gasteiger partial charge in [-0.05, 0) is 78.0 Å². The molecule has 0 spiro atoms. The molecule has 0 fully saturated rings. The zero-order valence-corrected chi connectivity index (χ0v) is 19.3. The molecule has 1 unspecified atom stereocenters. The third-order valence-electron chi connectivity index (χ3n) is 4.49. The smallest absolute Gasteiger partial charge is 0.327 e. The van der Waals surface area contributed by atoms with Crippen molar-refractivity contribution < 1.29 is 9.90 Å². The van der Waals surface area contributed by atoms with Gasteiger partial charge < -0.3 is 10.4 Å². The van der Waals surface area contributed by atoms with Crippen LogP contribution in [-0.4, -0.2) is 33.6 Å². The van der Waals surface area contributed by atoms with Crippen LogP contribution in [0.25, 0.3) is 0 Å². The van der Waals surface area contributed by atoms with Crippen molar-refractivity contribution in [2.75, 3.05) is 16.8 Å². The molecule has 0 aliphatic carbocycles. The molecule has 29 heavy (non-hydrogen) atoms. The van der Waals surface area contributed by atoms with Gasteiger partial charge in [-0.15, -0.1) is 0 Å². The van der Waals surface area contributed by atoms with Crippen LogP contribution in [0.15, 0.2) is 53.3 Å². The molecule has 4 nitrogen and oxygen atoms in total. The predicted octanol–water partition coefficient (Wildman–Crippen LogP) is 6.41. The lowest BCUT2D eigenvalue weighted by Crippen LogP contribution is -2.32. The Balaban J connectivity index is 2.34. The first-order valence-electron chi connectivity index (χ1n) is 10.2. The number of hydrogen-bond acceptors (Lipinski definition) is 4. The molecule has 0 aliphatic rings. The summed E-state index contributed by atoms with van der Waals surface area (Å²) in [5.41, 5.74) is 5.24. The van der Waals surface area contributed by atoms with E-state index < -0.39 is 12.0 Å². The van der Waals surface area contributed by atoms with Gasteiger partial charge in [0, 0.05) is 17.7 Å². The summed E-state index contributed by atoms with van der Waals surface area (Å²) in [7, 11) is 0. The molecule has 160 valence electrons. The molecule has 2 N–H and O–H groups in total. The molecule has 0 amide bonds. The Hall–Kier alpha value is -2.01. The minimum atomic E-state index is -0.852. The Bertz CT molecular complexity index is 734. The van der Waals surface area contributed by atoms with Gasteiger partial charge in [0.2, 0.25) is 0 Å². The lowest BCUT2D eigenvalue weighted by Gasteiger charge is -2.14. The van der Waals surface area contributed by atoms with Crippen molar-refractivity contribution in [3.63, 3.8) is 0 Å². The number of carboxylic acid groups (broad SMARTS) is 1. The van der Waals surface area contributed by atoms with Gasteiger partial charge in [0.25, 0.3) is 0 Å². The first-order chi connectivity index (χ1) is 13.8. The minimum absolute atomic E-state index is 0.498. The molecule has 1 aromatic heterocycles. The standard InChI is InChI=1S/C24H36N2O2S/c1-18(2)8-6-9-19(3)10-7-11-20(4)13-15-29-17-22(24(27)28)26-23-16-21(5)12-14-25-23/h8,10,12-14,16,22H,6-7,9,11,15,17H2,1-5H3,(H,25,26)(H,27,28). The fourth-order valence-corrected chi connectivity index (χ4v) is 3.69. The van der Waals surface area contributed by atoms with E-state index in [1.165, 1.54) is 16.7 Å². The fourth-order valence-electron chi connectivity index (χ4n) is 2.69. The van der Waals surface area contributed by atoms with E-state index in [1.807, 2.05) is 19.1 Å². The lowest BCUT2D eigenvalue weighted by molar-refractivity contribution is -0.137. The first-order valence-corrected chi connectivity index (χ1v) is 11.4. The second kappa shape index (κ2) is 14.0. The van der Waals surface area contributed by atoms with E-state index in [2.05, 4.69) is 56.2 Å². The monoisotopic (exact) mass is 416 g/mol. The summed E-state index contributed by atoms with van der Waals surface area (Å²) < 4.78 is 0. The van der Waals surface area contributed by atoms with Crippen molar-refractivity contribution >= 4 is 23.5 Å². The summed E-state index contributed by atoms with van der Waals surface area (Å²) in [4.78, 5) is 15.7. The number of nitrogens with zero attached hydrogens (tertiary/aromatic N) is 1. The van der Waals surface area contributed by atoms with Crippen LogP contribution < -0.4 is 5.32 Å². The molecule has 0 radical (unpaired) electrons. The van der Waals surface area contributed by atoms with Crippen LogP contribution in [-0.2, 0) is 4.79 Å². The van der Waals surface area contributed by atoms with E-state index in [4.69, 9.17) is 0 Å². The fraction of sp³-hybridized carbons (Fsp3) is 0.500. The average Bonchev–Trinajstić information content (AvgIpc) is 2.63. The van der Waals surface area contributed by atoms with Crippen molar-refractivity contribution in [2.45, 2.75) is 66.3 Å². The predicted molar refractivity (Wildman–Crippen MR) is 127 cm³/mol. The Morgan fingerprint density at radius 3 is 2.41 bits per heavy atom. The van der Waals surface area contributed by atoms with Crippen molar-refractivity contribution in [1.82, 2.24) is 4.98 Å². The molecule has 1 atom stereocenters. The van der Waals surface area contributed by atoms with Crippen molar-refractivity contribution in [1.29, 1.82) is 0 Å². The summed E-state index contributed by atoms with van der Waals surface area (Å²) in [6.07, 6.45) is 12.9. The summed E-state index contributed by atoms with van der Waals surface area (Å²) >= 11 is 1.63. The second-order valence-electron chi connectivity index (χ2n) is 7.75. The highest BCUT2D eigenvalue weighted by Crippen LogP contribution is 2.14. The van der Waals surface area contributed by atoms with Crippen LogP contribution in [0.5, 0.6) is 0 Å². The molecular formula is C24H36N2O2S. The molecule has 1 aromatic rings. The molecule has 0 bridgehead atoms. The van der Waals surface area contributed by atoms with Crippen LogP contribution in [0, 0.1) is 6.92 Å². The molecule has 0 aromatic carbocycles. The Morgan fingerprint density at radius 1 is 1.14 bits per heavy atom. The number of aliphatic carboxylic acids is 1. The SMILES string of the molecule is CC(C)=CCCC(C)=CCCC(C)=CCSCC(Nc1cc(C)ccn1)C(=O)O. The maximum Gasteiger partial charge on any atom is 0.327 e. The highest BCUT2D eigenvalue weighted by molar-refractivity contribution is 7.99. The Labute approximate surface area is 180 Å². The van der Waals surface area contributed by atoms with Gasteiger partial charge in [0.05, 0.1) is 0 Å². The van der Waals surface area contributed by atoms with Crippen LogP contribution in [0.3, 0.4) is 0 Å². The maximum atomic E-state index is 11.5. The zero-order chi connectivity index (χ0) is 21.6. The quantitative estimate of drug-likeness (QED) is 0.287. The number of aromatic nitrogens is 1. The number of allylic oxidation sites excluding steroid dienone is 5. The number of pyridine rings is 1. The van der Waals surface area contributed by atoms with Crippen molar-refractivity contribution in [3.8, 4) is 0 Å². The van der Waals surface area contributed by atoms with Gasteiger partial charge in [-0.2, -0.15) is 11.8 Å². The first kappa shape index (κ1) is 25.0. The zero-order valence-electron chi connectivity index (χ0n) is 18.5. The highest BCUT2D eigenvalue weighted by atomic mass is 32.2. The molecule has 0 aliphatic heterocycles. The number of aryl methyl sites for hydroxylation is 1. The van der Waals surface area contributed by atoms with E-state index in [9.17, 15) is 9.90 Å². The number of carbonyl (C=O) groups is 1. The average molecular weight is 417 g/mol. The van der Waals surface area contributed by atoms with Gasteiger partial charge in [-0.1, -0.05) is 34.9 Å². The molecule has 1 rings (SSSR count). The Kier molecular flexibility index (Phi) is 12.1. The molecule has 0 saturated heterocycles. The van der Waals surface area contributed by atoms with Crippen molar-refractivity contribution in [3.05, 3.63) is 58.8 Å². The number of anilines is 1. The van der Waals surface area contributed by atoms with E-state index in [1.54, 1.807) is 18.0 Å². The minimum Gasteiger partial charge on any atom is -0.480 e. The number of carboxylic acids is 1. The summed E-state index contributed by atoms with van der Waals surface area (Å²) in [5, 5.41) is 12.5. The second-order valence-corrected chi connectivity index (χ2v) is 8.83. The number of nitrogens with one attached hydrogen (secondary N) is 1. The van der Waals surface area contributed by atoms with Gasteiger partial charge in [-0.25, -0.2) is 9.78 Å². The number of hydrogen-bond donors (Lipinski definition) is 2. The summed E-state index contributed by atoms with van der Waals surface area (Å²) in [6.45, 7) is 10.6. The number of rotatable bonds is 13. The van der Waals surface area contributed by atoms with Crippen LogP contribution in [0.4, 0.5) is 5.82 Å². The van der Waals surface area contributed by atoms with E-state index in [0.717, 1.165) is 37.0 Å². The lowest BCUT2D eigenvalue weighted by atomic mass is 10.1. The van der Waals surface area contributed by atoms with E-state index in [0.29, 0.717) is 11.6 Å². The van der Waals surface area contributed by atoms with Gasteiger partial charge >= 0.3 is 5.97 Å². The van der Waals surface area contributed by atoms with Gasteiger partial charge in [0.1, 0.15) is 11.9 Å². The van der Waals surface area contributed by atoms with Gasteiger partial charge in [0.15, 0.2) is 0 Å². The number of thioether (sulfide) groups is 1. The van der Waals surface area contributed by atoms with E-state index in [-0.39, 0.29) is 0 Å². The third kappa shape index (κ3) is 12.2. The van der Waals surface area contributed by atoms with Crippen molar-refractivity contribution in [2.24, 2.45) is 0 Å². The van der Waals surface area contributed by atoms with Gasteiger partial charge in [-0.3, -0.25) is 0 Å². The maximum absolute atomic E-state index is 11.5. The topological polar surface area (TPSA) is 62.2 Å². The highest BCUT2D eigenvalue weighted by Gasteiger charge is 2.17. The third-order valence-corrected chi connectivity index (χ3v) is 5.46. The largest absolute Gasteiger partial charge is 0.480 e. The van der Waals surface area contributed by atoms with E-state index >= 15 is 0 Å². The molecule has 0 saturated carbocycles. The molecule has 1 heterocycles. The van der Waals surface area contributed by atoms with Crippen LogP contribution >= 0.6 is 11.8 Å². The Morgan fingerprint density at radius 2 is 1.79 bits per heavy atom. The molecule has 5 heteroatoms. The molecular weight excluding hydrogens is 380 g/mol. The van der Waals surface area contributed by atoms with Crippen LogP contribution in [0.1, 0.15) is 58.9 Å². The van der Waals surface area contributed by atoms with Crippen LogP contribution in [0.2, 0.25) is 0 Å². The summed E-state index contributed by atoms with van der Waals surface area (Å²) in [5.74, 6) is 1.08. The normalized spacial score (nSPS) is 13.1.